The summed E-state index contributed by atoms with van der Waals surface area (Å²) in [4.78, 5) is 26.7. The summed E-state index contributed by atoms with van der Waals surface area (Å²) in [6.45, 7) is -4.82. The van der Waals surface area contributed by atoms with E-state index in [0.29, 0.717) is 11.1 Å². The van der Waals surface area contributed by atoms with Crippen molar-refractivity contribution in [1.82, 2.24) is 0 Å². The molecule has 0 spiro atoms. The number of Topliss-reactive ketones (excluding diaryl/α,β-unsaturated/α-hetero) is 2. The maximum absolute atomic E-state index is 13.4. The van der Waals surface area contributed by atoms with E-state index in [-0.39, 0.29) is 23.2 Å². The number of carbonyl (C=O) groups excluding carboxylic acids is 2. The minimum atomic E-state index is -2.41. The SMILES string of the molecule is O=C(C=P(c1[c-]cccc1)(c1ccccc1)c1ccccc1)c1ccc(F)cc1.O=C(C=P(c1[c-]cccc1)(c1ccccc1)c1ccccc1)c1ccc(F)cc1.[Cl][Pd+].[Cl][Pd+]. The van der Waals surface area contributed by atoms with Crippen molar-refractivity contribution in [2.45, 2.75) is 0 Å². The van der Waals surface area contributed by atoms with Crippen molar-refractivity contribution in [3.63, 3.8) is 0 Å². The fraction of sp³-hybridized carbons (Fsp3) is 0. The van der Waals surface area contributed by atoms with E-state index in [1.807, 2.05) is 133 Å². The van der Waals surface area contributed by atoms with Gasteiger partial charge in [0, 0.05) is 11.1 Å². The fourth-order valence-electron chi connectivity index (χ4n) is 6.88. The zero-order chi connectivity index (χ0) is 44.2. The van der Waals surface area contributed by atoms with Crippen LogP contribution in [0.3, 0.4) is 0 Å². The number of ketones is 2. The molecule has 0 aliphatic heterocycles. The molecule has 0 radical (unpaired) electrons. The van der Waals surface area contributed by atoms with E-state index in [0.717, 1.165) is 31.8 Å². The molecule has 0 amide bonds. The molecule has 0 saturated carbocycles. The topological polar surface area (TPSA) is 34.1 Å². The molecule has 0 saturated heterocycles. The summed E-state index contributed by atoms with van der Waals surface area (Å²) in [5.41, 5.74) is 0.942. The maximum atomic E-state index is 13.4. The van der Waals surface area contributed by atoms with Crippen LogP contribution in [0.25, 0.3) is 0 Å². The van der Waals surface area contributed by atoms with E-state index in [2.05, 4.69) is 116 Å². The molecule has 0 unspecified atom stereocenters. The minimum absolute atomic E-state index is 0.122. The van der Waals surface area contributed by atoms with Crippen molar-refractivity contribution in [2.24, 2.45) is 0 Å². The first-order valence-electron chi connectivity index (χ1n) is 18.9. The Bertz CT molecular complexity index is 2310. The molecule has 0 aromatic heterocycles. The van der Waals surface area contributed by atoms with Gasteiger partial charge in [0.2, 0.25) is 0 Å². The van der Waals surface area contributed by atoms with Crippen LogP contribution < -0.4 is 31.8 Å². The van der Waals surface area contributed by atoms with Crippen molar-refractivity contribution in [3.8, 4) is 0 Å². The molecule has 0 fully saturated rings. The first-order chi connectivity index (χ1) is 30.4. The third-order valence-corrected chi connectivity index (χ3v) is 17.4. The normalized spacial score (nSPS) is 10.6. The molecule has 0 atom stereocenters. The Labute approximate surface area is 392 Å². The Kier molecular flexibility index (Phi) is 19.5. The Morgan fingerprint density at radius 1 is 0.387 bits per heavy atom. The van der Waals surface area contributed by atoms with E-state index in [9.17, 15) is 18.4 Å². The zero-order valence-electron chi connectivity index (χ0n) is 32.8. The monoisotopic (exact) mass is 1080 g/mol. The second-order valence-electron chi connectivity index (χ2n) is 13.3. The molecule has 8 aromatic rings. The third-order valence-electron chi connectivity index (χ3n) is 9.68. The average Bonchev–Trinajstić information content (AvgIpc) is 3.36. The van der Waals surface area contributed by atoms with E-state index < -0.39 is 13.8 Å². The summed E-state index contributed by atoms with van der Waals surface area (Å²) in [5.74, 6) is 2.70. The van der Waals surface area contributed by atoms with Crippen LogP contribution in [-0.2, 0) is 36.4 Å². The van der Waals surface area contributed by atoms with Crippen LogP contribution in [0.4, 0.5) is 8.78 Å². The zero-order valence-corrected chi connectivity index (χ0v) is 39.2. The van der Waals surface area contributed by atoms with E-state index >= 15 is 0 Å². The Balaban J connectivity index is 0.000000217. The average molecular weight is 1080 g/mol. The summed E-state index contributed by atoms with van der Waals surface area (Å²) >= 11 is 4.44. The van der Waals surface area contributed by atoms with Crippen molar-refractivity contribution in [2.75, 3.05) is 0 Å². The molecular formula is C52H38Cl2F2O2P2Pd2. The number of hydrogen-bond donors (Lipinski definition) is 0. The summed E-state index contributed by atoms with van der Waals surface area (Å²) in [5, 5.41) is 6.25. The standard InChI is InChI=1S/2C26H19FOP.2ClH.2Pd/c2*27-22-18-16-21(17-19-22)26(28)20-29(23-10-4-1-5-11-23,24-12-6-2-7-13-24)25-14-8-3-9-15-25;;;;/h2*1-14,16-20H;2*1H;;/q2*-1;;;2*+2/p-2. The number of rotatable bonds is 10. The third kappa shape index (κ3) is 11.9. The number of halogens is 4. The summed E-state index contributed by atoms with van der Waals surface area (Å²) < 4.78 is 26.7. The van der Waals surface area contributed by atoms with Crippen molar-refractivity contribution in [3.05, 3.63) is 253 Å². The van der Waals surface area contributed by atoms with Gasteiger partial charge in [0.25, 0.3) is 0 Å². The predicted molar refractivity (Wildman–Crippen MR) is 253 cm³/mol. The van der Waals surface area contributed by atoms with Crippen LogP contribution in [0.1, 0.15) is 20.7 Å². The van der Waals surface area contributed by atoms with Gasteiger partial charge >= 0.3 is 55.4 Å². The second kappa shape index (κ2) is 24.9. The molecule has 8 rings (SSSR count). The van der Waals surface area contributed by atoms with Gasteiger partial charge in [0.15, 0.2) is 11.6 Å². The Hall–Kier alpha value is -4.54. The predicted octanol–water partition coefficient (Wildman–Crippen LogP) is 10.6. The van der Waals surface area contributed by atoms with Gasteiger partial charge in [-0.2, -0.15) is 60.7 Å². The molecule has 0 N–H and O–H groups in total. The van der Waals surface area contributed by atoms with E-state index in [1.165, 1.54) is 48.5 Å². The number of benzene rings is 8. The van der Waals surface area contributed by atoms with Gasteiger partial charge < -0.3 is 0 Å². The molecule has 8 aromatic carbocycles. The molecule has 62 heavy (non-hydrogen) atoms. The van der Waals surface area contributed by atoms with Gasteiger partial charge in [0.1, 0.15) is 11.6 Å². The Morgan fingerprint density at radius 2 is 0.645 bits per heavy atom. The number of hydrogen-bond acceptors (Lipinski definition) is 2. The van der Waals surface area contributed by atoms with Gasteiger partial charge in [-0.3, -0.25) is 9.59 Å². The molecule has 316 valence electrons. The van der Waals surface area contributed by atoms with Crippen LogP contribution in [0.2, 0.25) is 0 Å². The second-order valence-corrected chi connectivity index (χ2v) is 19.7. The van der Waals surface area contributed by atoms with Crippen LogP contribution in [-0.4, -0.2) is 23.2 Å². The fourth-order valence-corrected chi connectivity index (χ4v) is 14.2. The van der Waals surface area contributed by atoms with Crippen molar-refractivity contribution < 1.29 is 54.7 Å². The van der Waals surface area contributed by atoms with Gasteiger partial charge in [-0.05, 0) is 95.1 Å². The summed E-state index contributed by atoms with van der Waals surface area (Å²) in [6.07, 6.45) is 0. The molecule has 0 heterocycles. The van der Waals surface area contributed by atoms with Crippen LogP contribution in [0, 0.1) is 23.8 Å². The van der Waals surface area contributed by atoms with Gasteiger partial charge in [-0.15, -0.1) is 10.6 Å². The molecule has 2 nitrogen and oxygen atoms in total. The molecule has 0 aliphatic carbocycles. The summed E-state index contributed by atoms with van der Waals surface area (Å²) in [7, 11) is 8.98. The van der Waals surface area contributed by atoms with Crippen LogP contribution in [0.5, 0.6) is 0 Å². The van der Waals surface area contributed by atoms with Gasteiger partial charge in [0.05, 0.1) is 0 Å². The molecule has 10 heteroatoms. The van der Waals surface area contributed by atoms with Crippen molar-refractivity contribution in [1.29, 1.82) is 0 Å². The van der Waals surface area contributed by atoms with Crippen LogP contribution in [0.15, 0.2) is 218 Å². The molecule has 0 aliphatic rings. The first kappa shape index (κ1) is 48.5. The van der Waals surface area contributed by atoms with E-state index in [4.69, 9.17) is 0 Å². The van der Waals surface area contributed by atoms with Gasteiger partial charge in [-0.25, -0.2) is 8.78 Å². The molecular weight excluding hydrogens is 1040 g/mol. The van der Waals surface area contributed by atoms with Crippen molar-refractivity contribution >= 4 is 87.8 Å². The Morgan fingerprint density at radius 3 is 0.887 bits per heavy atom. The van der Waals surface area contributed by atoms with Crippen LogP contribution >= 0.6 is 32.8 Å². The summed E-state index contributed by atoms with van der Waals surface area (Å²) in [6, 6.07) is 74.2. The first-order valence-corrected chi connectivity index (χ1v) is 26.6. The number of carbonyl (C=O) groups is 2. The van der Waals surface area contributed by atoms with E-state index in [1.54, 1.807) is 0 Å². The van der Waals surface area contributed by atoms with Gasteiger partial charge in [-0.1, -0.05) is 121 Å². The molecule has 0 bridgehead atoms. The quantitative estimate of drug-likeness (QED) is 0.0592.